The maximum absolute atomic E-state index is 5.73. The molecule has 0 bridgehead atoms. The first-order chi connectivity index (χ1) is 9.33. The van der Waals surface area contributed by atoms with Crippen molar-refractivity contribution in [2.45, 2.75) is 51.5 Å². The van der Waals surface area contributed by atoms with E-state index in [2.05, 4.69) is 43.6 Å². The Kier molecular flexibility index (Phi) is 5.71. The number of rotatable bonds is 7. The fourth-order valence-corrected chi connectivity index (χ4v) is 3.04. The van der Waals surface area contributed by atoms with Crippen molar-refractivity contribution in [1.82, 2.24) is 5.32 Å². The van der Waals surface area contributed by atoms with Crippen LogP contribution in [0.3, 0.4) is 0 Å². The van der Waals surface area contributed by atoms with Gasteiger partial charge in [0.15, 0.2) is 0 Å². The summed E-state index contributed by atoms with van der Waals surface area (Å²) in [7, 11) is 2.07. The average Bonchev–Trinajstić information content (AvgIpc) is 2.96. The Hall–Kier alpha value is -1.02. The van der Waals surface area contributed by atoms with Crippen LogP contribution in [0.15, 0.2) is 24.3 Å². The zero-order valence-electron chi connectivity index (χ0n) is 12.3. The van der Waals surface area contributed by atoms with E-state index >= 15 is 0 Å². The fourth-order valence-electron chi connectivity index (χ4n) is 3.04. The standard InChI is InChI=1S/C17H27NO/c1-3-11-19-16-10-6-9-15(13-16)17(18-2)12-14-7-4-5-8-14/h6,9-10,13-14,17-18H,3-5,7-8,11-12H2,1-2H3. The lowest BCUT2D eigenvalue weighted by Gasteiger charge is -2.21. The molecule has 1 atom stereocenters. The van der Waals surface area contributed by atoms with Crippen molar-refractivity contribution in [2.24, 2.45) is 5.92 Å². The molecular formula is C17H27NO. The number of benzene rings is 1. The predicted octanol–water partition coefficient (Wildman–Crippen LogP) is 4.32. The van der Waals surface area contributed by atoms with Gasteiger partial charge in [0.05, 0.1) is 6.61 Å². The third-order valence-electron chi connectivity index (χ3n) is 4.13. The van der Waals surface area contributed by atoms with Gasteiger partial charge in [-0.25, -0.2) is 0 Å². The zero-order chi connectivity index (χ0) is 13.5. The van der Waals surface area contributed by atoms with Crippen LogP contribution in [0.25, 0.3) is 0 Å². The highest BCUT2D eigenvalue weighted by atomic mass is 16.5. The second kappa shape index (κ2) is 7.54. The van der Waals surface area contributed by atoms with E-state index in [9.17, 15) is 0 Å². The second-order valence-corrected chi connectivity index (χ2v) is 5.65. The number of nitrogens with one attached hydrogen (secondary N) is 1. The Morgan fingerprint density at radius 3 is 2.79 bits per heavy atom. The lowest BCUT2D eigenvalue weighted by atomic mass is 9.93. The van der Waals surface area contributed by atoms with E-state index in [1.165, 1.54) is 37.7 Å². The van der Waals surface area contributed by atoms with Gasteiger partial charge in [0.2, 0.25) is 0 Å². The molecule has 1 unspecified atom stereocenters. The minimum Gasteiger partial charge on any atom is -0.494 e. The summed E-state index contributed by atoms with van der Waals surface area (Å²) >= 11 is 0. The summed E-state index contributed by atoms with van der Waals surface area (Å²) in [6.45, 7) is 2.94. The predicted molar refractivity (Wildman–Crippen MR) is 80.6 cm³/mol. The van der Waals surface area contributed by atoms with Crippen molar-refractivity contribution in [3.05, 3.63) is 29.8 Å². The molecule has 0 aliphatic heterocycles. The molecule has 1 aliphatic carbocycles. The number of hydrogen-bond donors (Lipinski definition) is 1. The maximum atomic E-state index is 5.73. The summed E-state index contributed by atoms with van der Waals surface area (Å²) in [6.07, 6.45) is 7.96. The molecule has 1 aromatic carbocycles. The van der Waals surface area contributed by atoms with Gasteiger partial charge in [-0.1, -0.05) is 44.7 Å². The van der Waals surface area contributed by atoms with Crippen LogP contribution in [0.5, 0.6) is 5.75 Å². The van der Waals surface area contributed by atoms with Crippen molar-refractivity contribution in [3.8, 4) is 5.75 Å². The van der Waals surface area contributed by atoms with Gasteiger partial charge in [0, 0.05) is 6.04 Å². The van der Waals surface area contributed by atoms with Crippen LogP contribution in [-0.2, 0) is 0 Å². The van der Waals surface area contributed by atoms with Crippen LogP contribution < -0.4 is 10.1 Å². The quantitative estimate of drug-likeness (QED) is 0.789. The van der Waals surface area contributed by atoms with Crippen LogP contribution in [0, 0.1) is 5.92 Å². The molecule has 106 valence electrons. The van der Waals surface area contributed by atoms with Crippen LogP contribution in [0.1, 0.15) is 57.1 Å². The molecular weight excluding hydrogens is 234 g/mol. The van der Waals surface area contributed by atoms with Gasteiger partial charge in [-0.15, -0.1) is 0 Å². The van der Waals surface area contributed by atoms with Gasteiger partial charge in [-0.2, -0.15) is 0 Å². The first kappa shape index (κ1) is 14.4. The first-order valence-electron chi connectivity index (χ1n) is 7.73. The smallest absolute Gasteiger partial charge is 0.119 e. The van der Waals surface area contributed by atoms with Crippen molar-refractivity contribution < 1.29 is 4.74 Å². The number of ether oxygens (including phenoxy) is 1. The molecule has 0 aromatic heterocycles. The largest absolute Gasteiger partial charge is 0.494 e. The summed E-state index contributed by atoms with van der Waals surface area (Å²) in [5, 5.41) is 3.47. The number of hydrogen-bond acceptors (Lipinski definition) is 2. The normalized spacial score (nSPS) is 17.6. The molecule has 0 spiro atoms. The van der Waals surface area contributed by atoms with Gasteiger partial charge >= 0.3 is 0 Å². The van der Waals surface area contributed by atoms with Crippen molar-refractivity contribution in [2.75, 3.05) is 13.7 Å². The molecule has 1 saturated carbocycles. The fraction of sp³-hybridized carbons (Fsp3) is 0.647. The Labute approximate surface area is 117 Å². The molecule has 2 heteroatoms. The molecule has 2 nitrogen and oxygen atoms in total. The van der Waals surface area contributed by atoms with E-state index in [0.29, 0.717) is 6.04 Å². The van der Waals surface area contributed by atoms with E-state index in [1.807, 2.05) is 0 Å². The first-order valence-corrected chi connectivity index (χ1v) is 7.73. The molecule has 0 radical (unpaired) electrons. The van der Waals surface area contributed by atoms with Crippen molar-refractivity contribution >= 4 is 0 Å². The average molecular weight is 261 g/mol. The van der Waals surface area contributed by atoms with Crippen molar-refractivity contribution in [1.29, 1.82) is 0 Å². The molecule has 0 saturated heterocycles. The lowest BCUT2D eigenvalue weighted by molar-refractivity contribution is 0.316. The third kappa shape index (κ3) is 4.24. The van der Waals surface area contributed by atoms with E-state index < -0.39 is 0 Å². The van der Waals surface area contributed by atoms with Gasteiger partial charge in [-0.3, -0.25) is 0 Å². The van der Waals surface area contributed by atoms with Gasteiger partial charge in [-0.05, 0) is 43.5 Å². The molecule has 1 fully saturated rings. The summed E-state index contributed by atoms with van der Waals surface area (Å²) in [5.41, 5.74) is 1.36. The third-order valence-corrected chi connectivity index (χ3v) is 4.13. The Morgan fingerprint density at radius 1 is 1.32 bits per heavy atom. The van der Waals surface area contributed by atoms with E-state index in [1.54, 1.807) is 0 Å². The molecule has 0 amide bonds. The molecule has 1 N–H and O–H groups in total. The second-order valence-electron chi connectivity index (χ2n) is 5.65. The maximum Gasteiger partial charge on any atom is 0.119 e. The molecule has 0 heterocycles. The topological polar surface area (TPSA) is 21.3 Å². The van der Waals surface area contributed by atoms with Crippen LogP contribution in [-0.4, -0.2) is 13.7 Å². The molecule has 19 heavy (non-hydrogen) atoms. The monoisotopic (exact) mass is 261 g/mol. The van der Waals surface area contributed by atoms with Gasteiger partial charge < -0.3 is 10.1 Å². The Morgan fingerprint density at radius 2 is 2.11 bits per heavy atom. The van der Waals surface area contributed by atoms with Crippen LogP contribution in [0.2, 0.25) is 0 Å². The Bertz CT molecular complexity index is 371. The Balaban J connectivity index is 2.00. The van der Waals surface area contributed by atoms with E-state index in [0.717, 1.165) is 24.7 Å². The minimum atomic E-state index is 0.466. The SMILES string of the molecule is CCCOc1cccc(C(CC2CCCC2)NC)c1. The van der Waals surface area contributed by atoms with E-state index in [4.69, 9.17) is 4.74 Å². The summed E-state index contributed by atoms with van der Waals surface area (Å²) in [6, 6.07) is 9.05. The van der Waals surface area contributed by atoms with Crippen molar-refractivity contribution in [3.63, 3.8) is 0 Å². The molecule has 2 rings (SSSR count). The highest BCUT2D eigenvalue weighted by Crippen LogP contribution is 2.33. The molecule has 1 aromatic rings. The zero-order valence-corrected chi connectivity index (χ0v) is 12.3. The van der Waals surface area contributed by atoms with Crippen LogP contribution in [0.4, 0.5) is 0 Å². The summed E-state index contributed by atoms with van der Waals surface area (Å²) in [4.78, 5) is 0. The van der Waals surface area contributed by atoms with Gasteiger partial charge in [0.1, 0.15) is 5.75 Å². The minimum absolute atomic E-state index is 0.466. The highest BCUT2D eigenvalue weighted by Gasteiger charge is 2.20. The highest BCUT2D eigenvalue weighted by molar-refractivity contribution is 5.30. The lowest BCUT2D eigenvalue weighted by Crippen LogP contribution is -2.19. The summed E-state index contributed by atoms with van der Waals surface area (Å²) < 4.78 is 5.73. The van der Waals surface area contributed by atoms with Gasteiger partial charge in [0.25, 0.3) is 0 Å². The summed E-state index contributed by atoms with van der Waals surface area (Å²) in [5.74, 6) is 1.91. The molecule has 1 aliphatic rings. The van der Waals surface area contributed by atoms with E-state index in [-0.39, 0.29) is 0 Å². The van der Waals surface area contributed by atoms with Crippen LogP contribution >= 0.6 is 0 Å².